The van der Waals surface area contributed by atoms with Crippen LogP contribution in [0.15, 0.2) is 61.3 Å². The number of nitrogens with zero attached hydrogens (tertiary/aromatic N) is 2. The first-order valence-electron chi connectivity index (χ1n) is 10.1. The number of pyridine rings is 2. The lowest BCUT2D eigenvalue weighted by Crippen LogP contribution is -2.23. The largest absolute Gasteiger partial charge is 0.381 e. The fourth-order valence-corrected chi connectivity index (χ4v) is 3.88. The quantitative estimate of drug-likeness (QED) is 0.462. The van der Waals surface area contributed by atoms with Gasteiger partial charge in [-0.2, -0.15) is 0 Å². The minimum Gasteiger partial charge on any atom is -0.381 e. The molecule has 0 saturated heterocycles. The van der Waals surface area contributed by atoms with E-state index in [1.165, 1.54) is 12.0 Å². The SMILES string of the molecule is C=CC(O)(CCCCc1ccc2c(n1)NCCC2)c1cnc2ccccc2c1. The van der Waals surface area contributed by atoms with Crippen LogP contribution in [0.5, 0.6) is 0 Å². The van der Waals surface area contributed by atoms with Gasteiger partial charge in [0, 0.05) is 29.4 Å². The molecule has 2 N–H and O–H groups in total. The van der Waals surface area contributed by atoms with Gasteiger partial charge in [-0.3, -0.25) is 4.98 Å². The Hall–Kier alpha value is -2.72. The highest BCUT2D eigenvalue weighted by Crippen LogP contribution is 2.30. The number of benzene rings is 1. The molecular formula is C24H27N3O. The maximum Gasteiger partial charge on any atom is 0.129 e. The molecule has 4 rings (SSSR count). The van der Waals surface area contributed by atoms with Crippen molar-refractivity contribution in [2.24, 2.45) is 0 Å². The molecule has 0 aliphatic carbocycles. The van der Waals surface area contributed by atoms with Crippen LogP contribution in [0.4, 0.5) is 5.82 Å². The molecular weight excluding hydrogens is 346 g/mol. The van der Waals surface area contributed by atoms with Crippen LogP contribution in [0.25, 0.3) is 10.9 Å². The molecule has 28 heavy (non-hydrogen) atoms. The standard InChI is InChI=1S/C24H27N3O/c1-2-24(28,20-16-19-8-3-4-11-22(19)26-17-20)14-6-5-10-21-13-12-18-9-7-15-25-23(18)27-21/h2-4,8,11-13,16-17,28H,1,5-7,9-10,14-15H2,(H,25,27). The highest BCUT2D eigenvalue weighted by molar-refractivity contribution is 5.79. The smallest absolute Gasteiger partial charge is 0.129 e. The van der Waals surface area contributed by atoms with Gasteiger partial charge in [0.05, 0.1) is 5.52 Å². The highest BCUT2D eigenvalue weighted by atomic mass is 16.3. The molecule has 144 valence electrons. The van der Waals surface area contributed by atoms with Crippen molar-refractivity contribution in [2.75, 3.05) is 11.9 Å². The molecule has 1 aliphatic heterocycles. The van der Waals surface area contributed by atoms with Gasteiger partial charge in [0.25, 0.3) is 0 Å². The van der Waals surface area contributed by atoms with Crippen molar-refractivity contribution in [3.8, 4) is 0 Å². The van der Waals surface area contributed by atoms with Crippen molar-refractivity contribution in [1.29, 1.82) is 0 Å². The number of aryl methyl sites for hydroxylation is 2. The Bertz CT molecular complexity index is 985. The molecule has 1 aromatic carbocycles. The Balaban J connectivity index is 1.38. The van der Waals surface area contributed by atoms with Gasteiger partial charge < -0.3 is 10.4 Å². The zero-order valence-electron chi connectivity index (χ0n) is 16.2. The number of hydrogen-bond acceptors (Lipinski definition) is 4. The number of para-hydroxylation sites is 1. The number of hydrogen-bond donors (Lipinski definition) is 2. The van der Waals surface area contributed by atoms with Gasteiger partial charge in [-0.25, -0.2) is 4.98 Å². The molecule has 0 saturated carbocycles. The van der Waals surface area contributed by atoms with E-state index in [-0.39, 0.29) is 0 Å². The molecule has 1 atom stereocenters. The maximum absolute atomic E-state index is 11.1. The minimum absolute atomic E-state index is 0.625. The lowest BCUT2D eigenvalue weighted by Gasteiger charge is -2.25. The Labute approximate surface area is 166 Å². The first kappa shape index (κ1) is 18.6. The summed E-state index contributed by atoms with van der Waals surface area (Å²) in [4.78, 5) is 9.24. The van der Waals surface area contributed by atoms with Gasteiger partial charge in [-0.05, 0) is 62.3 Å². The van der Waals surface area contributed by atoms with Crippen molar-refractivity contribution in [2.45, 2.75) is 44.1 Å². The molecule has 4 heteroatoms. The number of nitrogens with one attached hydrogen (secondary N) is 1. The van der Waals surface area contributed by atoms with Crippen LogP contribution in [0.2, 0.25) is 0 Å². The summed E-state index contributed by atoms with van der Waals surface area (Å²) in [6, 6.07) is 14.3. The van der Waals surface area contributed by atoms with Gasteiger partial charge in [0.1, 0.15) is 11.4 Å². The summed E-state index contributed by atoms with van der Waals surface area (Å²) in [5, 5.41) is 15.5. The van der Waals surface area contributed by atoms with Crippen LogP contribution < -0.4 is 5.32 Å². The maximum atomic E-state index is 11.1. The first-order valence-corrected chi connectivity index (χ1v) is 10.1. The lowest BCUT2D eigenvalue weighted by atomic mass is 9.88. The molecule has 0 spiro atoms. The second-order valence-electron chi connectivity index (χ2n) is 7.59. The van der Waals surface area contributed by atoms with E-state index in [0.717, 1.165) is 60.2 Å². The van der Waals surface area contributed by atoms with Crippen molar-refractivity contribution < 1.29 is 5.11 Å². The lowest BCUT2D eigenvalue weighted by molar-refractivity contribution is 0.0767. The second-order valence-corrected chi connectivity index (χ2v) is 7.59. The molecule has 1 aliphatic rings. The monoisotopic (exact) mass is 373 g/mol. The predicted octanol–water partition coefficient (Wildman–Crippen LogP) is 4.77. The molecule has 2 aromatic heterocycles. The third-order valence-corrected chi connectivity index (χ3v) is 5.62. The number of aliphatic hydroxyl groups is 1. The summed E-state index contributed by atoms with van der Waals surface area (Å²) in [5.74, 6) is 1.05. The topological polar surface area (TPSA) is 58.0 Å². The Morgan fingerprint density at radius 3 is 2.96 bits per heavy atom. The van der Waals surface area contributed by atoms with E-state index in [1.54, 1.807) is 12.3 Å². The van der Waals surface area contributed by atoms with E-state index in [2.05, 4.69) is 29.0 Å². The summed E-state index contributed by atoms with van der Waals surface area (Å²) < 4.78 is 0. The summed E-state index contributed by atoms with van der Waals surface area (Å²) in [6.45, 7) is 4.89. The zero-order valence-corrected chi connectivity index (χ0v) is 16.2. The van der Waals surface area contributed by atoms with Gasteiger partial charge in [0.15, 0.2) is 0 Å². The fraction of sp³-hybridized carbons (Fsp3) is 0.333. The highest BCUT2D eigenvalue weighted by Gasteiger charge is 2.25. The molecule has 3 heterocycles. The van der Waals surface area contributed by atoms with Crippen molar-refractivity contribution in [1.82, 2.24) is 9.97 Å². The van der Waals surface area contributed by atoms with Crippen molar-refractivity contribution >= 4 is 16.7 Å². The third kappa shape index (κ3) is 3.92. The molecule has 0 fully saturated rings. The van der Waals surface area contributed by atoms with E-state index in [1.807, 2.05) is 30.3 Å². The number of rotatable bonds is 7. The van der Waals surface area contributed by atoms with E-state index in [9.17, 15) is 5.11 Å². The summed E-state index contributed by atoms with van der Waals surface area (Å²) in [6.07, 6.45) is 9.10. The van der Waals surface area contributed by atoms with Crippen LogP contribution in [0, 0.1) is 0 Å². The zero-order chi connectivity index (χ0) is 19.4. The summed E-state index contributed by atoms with van der Waals surface area (Å²) >= 11 is 0. The van der Waals surface area contributed by atoms with Gasteiger partial charge in [-0.15, -0.1) is 0 Å². The average molecular weight is 374 g/mol. The Morgan fingerprint density at radius 1 is 1.18 bits per heavy atom. The summed E-state index contributed by atoms with van der Waals surface area (Å²) in [7, 11) is 0. The van der Waals surface area contributed by atoms with E-state index in [0.29, 0.717) is 6.42 Å². The van der Waals surface area contributed by atoms with Crippen LogP contribution in [0.1, 0.15) is 42.5 Å². The minimum atomic E-state index is -1.05. The summed E-state index contributed by atoms with van der Waals surface area (Å²) in [5.41, 5.74) is 3.12. The van der Waals surface area contributed by atoms with Crippen LogP contribution in [-0.4, -0.2) is 21.6 Å². The van der Waals surface area contributed by atoms with Crippen LogP contribution >= 0.6 is 0 Å². The van der Waals surface area contributed by atoms with Gasteiger partial charge in [0.2, 0.25) is 0 Å². The number of fused-ring (bicyclic) bond motifs is 2. The number of anilines is 1. The van der Waals surface area contributed by atoms with Gasteiger partial charge >= 0.3 is 0 Å². The fourth-order valence-electron chi connectivity index (χ4n) is 3.88. The van der Waals surface area contributed by atoms with Crippen LogP contribution in [0.3, 0.4) is 0 Å². The van der Waals surface area contributed by atoms with Gasteiger partial charge in [-0.1, -0.05) is 36.9 Å². The number of unbranched alkanes of at least 4 members (excludes halogenated alkanes) is 1. The Kier molecular flexibility index (Phi) is 5.40. The molecule has 1 unspecified atom stereocenters. The number of aromatic nitrogens is 2. The third-order valence-electron chi connectivity index (χ3n) is 5.62. The van der Waals surface area contributed by atoms with Crippen LogP contribution in [-0.2, 0) is 18.4 Å². The van der Waals surface area contributed by atoms with Crippen molar-refractivity contribution in [3.63, 3.8) is 0 Å². The second kappa shape index (κ2) is 8.11. The molecule has 0 bridgehead atoms. The first-order chi connectivity index (χ1) is 13.7. The van der Waals surface area contributed by atoms with E-state index in [4.69, 9.17) is 4.98 Å². The predicted molar refractivity (Wildman–Crippen MR) is 114 cm³/mol. The normalized spacial score (nSPS) is 15.5. The molecule has 0 amide bonds. The molecule has 3 aromatic rings. The average Bonchev–Trinajstić information content (AvgIpc) is 2.76. The molecule has 0 radical (unpaired) electrons. The van der Waals surface area contributed by atoms with E-state index < -0.39 is 5.60 Å². The van der Waals surface area contributed by atoms with E-state index >= 15 is 0 Å². The van der Waals surface area contributed by atoms with Crippen molar-refractivity contribution in [3.05, 3.63) is 78.1 Å². The molecule has 4 nitrogen and oxygen atoms in total. The Morgan fingerprint density at radius 2 is 2.07 bits per heavy atom.